The van der Waals surface area contributed by atoms with E-state index in [1.54, 1.807) is 14.2 Å². The van der Waals surface area contributed by atoms with Crippen LogP contribution < -0.4 is 0 Å². The predicted molar refractivity (Wildman–Crippen MR) is 39.9 cm³/mol. The minimum Gasteiger partial charge on any atom is -0.381 e. The molecule has 1 aliphatic heterocycles. The first kappa shape index (κ1) is 8.16. The maximum absolute atomic E-state index is 11.4. The van der Waals surface area contributed by atoms with E-state index in [-0.39, 0.29) is 18.0 Å². The number of carbonyl (C=O) groups is 1. The van der Waals surface area contributed by atoms with Gasteiger partial charge in [-0.3, -0.25) is 4.79 Å². The van der Waals surface area contributed by atoms with Gasteiger partial charge in [0.05, 0.1) is 12.7 Å². The highest BCUT2D eigenvalue weighted by Crippen LogP contribution is 2.48. The van der Waals surface area contributed by atoms with Crippen molar-refractivity contribution in [3.8, 4) is 0 Å². The van der Waals surface area contributed by atoms with Gasteiger partial charge >= 0.3 is 0 Å². The highest BCUT2D eigenvalue weighted by molar-refractivity contribution is 5.94. The zero-order valence-electron chi connectivity index (χ0n) is 7.20. The zero-order chi connectivity index (χ0) is 8.77. The lowest BCUT2D eigenvalue weighted by molar-refractivity contribution is -0.127. The summed E-state index contributed by atoms with van der Waals surface area (Å²) in [6.45, 7) is 0.357. The van der Waals surface area contributed by atoms with E-state index in [0.717, 1.165) is 0 Å². The van der Waals surface area contributed by atoms with E-state index in [0.29, 0.717) is 13.0 Å². The monoisotopic (exact) mass is 172 g/mol. The van der Waals surface area contributed by atoms with Crippen LogP contribution in [-0.2, 0) is 19.0 Å². The molecule has 68 valence electrons. The molecule has 0 radical (unpaired) electrons. The average Bonchev–Trinajstić information content (AvgIpc) is 2.71. The van der Waals surface area contributed by atoms with Crippen molar-refractivity contribution in [1.82, 2.24) is 0 Å². The van der Waals surface area contributed by atoms with Crippen LogP contribution in [0, 0.1) is 0 Å². The number of Topliss-reactive ketones (excluding diaryl/α,β-unsaturated/α-hetero) is 1. The first-order valence-electron chi connectivity index (χ1n) is 3.97. The molecule has 2 fully saturated rings. The molecule has 2 aliphatic rings. The number of rotatable bonds is 3. The van der Waals surface area contributed by atoms with Gasteiger partial charge < -0.3 is 14.2 Å². The molecular formula is C8H12O4. The summed E-state index contributed by atoms with van der Waals surface area (Å²) < 4.78 is 15.3. The van der Waals surface area contributed by atoms with Crippen LogP contribution in [0.25, 0.3) is 0 Å². The van der Waals surface area contributed by atoms with E-state index in [1.807, 2.05) is 0 Å². The summed E-state index contributed by atoms with van der Waals surface area (Å²) in [7, 11) is 3.17. The Morgan fingerprint density at radius 3 is 2.83 bits per heavy atom. The van der Waals surface area contributed by atoms with Crippen LogP contribution in [0.3, 0.4) is 0 Å². The van der Waals surface area contributed by atoms with Gasteiger partial charge in [0.15, 0.2) is 11.4 Å². The molecule has 0 unspecified atom stereocenters. The minimum absolute atomic E-state index is 0.0602. The molecule has 1 saturated carbocycles. The van der Waals surface area contributed by atoms with E-state index >= 15 is 0 Å². The van der Waals surface area contributed by atoms with Gasteiger partial charge in [-0.25, -0.2) is 0 Å². The third kappa shape index (κ3) is 0.856. The first-order valence-corrected chi connectivity index (χ1v) is 3.97. The molecule has 4 nitrogen and oxygen atoms in total. The van der Waals surface area contributed by atoms with Crippen molar-refractivity contribution in [3.05, 3.63) is 0 Å². The summed E-state index contributed by atoms with van der Waals surface area (Å²) in [5, 5.41) is 0. The molecule has 0 aromatic carbocycles. The SMILES string of the molecule is COC[C@@]12O[C@@H]1[C@@H](OC)CC2=O. The van der Waals surface area contributed by atoms with Gasteiger partial charge in [0.1, 0.15) is 6.10 Å². The third-order valence-electron chi connectivity index (χ3n) is 2.60. The van der Waals surface area contributed by atoms with Crippen LogP contribution in [0.4, 0.5) is 0 Å². The molecule has 1 saturated heterocycles. The Morgan fingerprint density at radius 2 is 2.42 bits per heavy atom. The Morgan fingerprint density at radius 1 is 1.67 bits per heavy atom. The Kier molecular flexibility index (Phi) is 1.71. The second-order valence-electron chi connectivity index (χ2n) is 3.26. The van der Waals surface area contributed by atoms with Crippen molar-refractivity contribution in [2.24, 2.45) is 0 Å². The van der Waals surface area contributed by atoms with Crippen molar-refractivity contribution in [3.63, 3.8) is 0 Å². The summed E-state index contributed by atoms with van der Waals surface area (Å²) in [6, 6.07) is 0. The number of methoxy groups -OCH3 is 2. The Bertz CT molecular complexity index is 215. The van der Waals surface area contributed by atoms with Crippen LogP contribution in [0.15, 0.2) is 0 Å². The van der Waals surface area contributed by atoms with E-state index in [4.69, 9.17) is 14.2 Å². The van der Waals surface area contributed by atoms with Gasteiger partial charge in [-0.2, -0.15) is 0 Å². The smallest absolute Gasteiger partial charge is 0.178 e. The lowest BCUT2D eigenvalue weighted by atomic mass is 10.1. The lowest BCUT2D eigenvalue weighted by Crippen LogP contribution is -2.27. The van der Waals surface area contributed by atoms with Gasteiger partial charge in [0.25, 0.3) is 0 Å². The topological polar surface area (TPSA) is 48.1 Å². The van der Waals surface area contributed by atoms with Crippen molar-refractivity contribution >= 4 is 5.78 Å². The number of hydrogen-bond donors (Lipinski definition) is 0. The maximum Gasteiger partial charge on any atom is 0.178 e. The molecule has 3 atom stereocenters. The first-order chi connectivity index (χ1) is 5.74. The van der Waals surface area contributed by atoms with E-state index in [2.05, 4.69) is 0 Å². The second-order valence-corrected chi connectivity index (χ2v) is 3.26. The fourth-order valence-corrected chi connectivity index (χ4v) is 1.87. The van der Waals surface area contributed by atoms with E-state index in [1.165, 1.54) is 0 Å². The number of hydrogen-bond acceptors (Lipinski definition) is 4. The van der Waals surface area contributed by atoms with E-state index in [9.17, 15) is 4.79 Å². The second kappa shape index (κ2) is 2.52. The molecule has 4 heteroatoms. The van der Waals surface area contributed by atoms with Crippen LogP contribution in [0.5, 0.6) is 0 Å². The molecule has 0 amide bonds. The van der Waals surface area contributed by atoms with Gasteiger partial charge in [-0.05, 0) is 0 Å². The fourth-order valence-electron chi connectivity index (χ4n) is 1.87. The van der Waals surface area contributed by atoms with Gasteiger partial charge in [-0.15, -0.1) is 0 Å². The highest BCUT2D eigenvalue weighted by Gasteiger charge is 2.70. The molecule has 0 spiro atoms. The fraction of sp³-hybridized carbons (Fsp3) is 0.875. The quantitative estimate of drug-likeness (QED) is 0.551. The molecule has 0 N–H and O–H groups in total. The maximum atomic E-state index is 11.4. The van der Waals surface area contributed by atoms with Crippen LogP contribution in [0.2, 0.25) is 0 Å². The minimum atomic E-state index is -0.643. The summed E-state index contributed by atoms with van der Waals surface area (Å²) in [4.78, 5) is 11.4. The standard InChI is InChI=1S/C8H12O4/c1-10-4-8-6(9)3-5(11-2)7(8)12-8/h5,7H,3-4H2,1-2H3/t5-,7+,8-/m0/s1. The molecule has 1 aliphatic carbocycles. The summed E-state index contributed by atoms with van der Waals surface area (Å²) >= 11 is 0. The Hall–Kier alpha value is -0.450. The van der Waals surface area contributed by atoms with Gasteiger partial charge in [0, 0.05) is 20.6 Å². The number of epoxide rings is 1. The van der Waals surface area contributed by atoms with Crippen molar-refractivity contribution < 1.29 is 19.0 Å². The molecule has 0 aromatic rings. The molecule has 12 heavy (non-hydrogen) atoms. The number of fused-ring (bicyclic) bond motifs is 1. The highest BCUT2D eigenvalue weighted by atomic mass is 16.7. The summed E-state index contributed by atoms with van der Waals surface area (Å²) in [5.74, 6) is 0.112. The number of ether oxygens (including phenoxy) is 3. The molecular weight excluding hydrogens is 160 g/mol. The largest absolute Gasteiger partial charge is 0.381 e. The summed E-state index contributed by atoms with van der Waals surface area (Å²) in [6.07, 6.45) is 0.340. The van der Waals surface area contributed by atoms with Crippen molar-refractivity contribution in [2.75, 3.05) is 20.8 Å². The number of ketones is 1. The predicted octanol–water partition coefficient (Wildman–Crippen LogP) is -0.242. The third-order valence-corrected chi connectivity index (χ3v) is 2.60. The van der Waals surface area contributed by atoms with Crippen molar-refractivity contribution in [2.45, 2.75) is 24.2 Å². The average molecular weight is 172 g/mol. The zero-order valence-corrected chi connectivity index (χ0v) is 7.20. The Balaban J connectivity index is 2.09. The lowest BCUT2D eigenvalue weighted by Gasteiger charge is -2.05. The molecule has 0 bridgehead atoms. The molecule has 1 heterocycles. The van der Waals surface area contributed by atoms with Crippen LogP contribution in [0.1, 0.15) is 6.42 Å². The summed E-state index contributed by atoms with van der Waals surface area (Å²) in [5.41, 5.74) is -0.643. The van der Waals surface area contributed by atoms with E-state index < -0.39 is 5.60 Å². The van der Waals surface area contributed by atoms with Crippen LogP contribution in [-0.4, -0.2) is 44.4 Å². The number of carbonyl (C=O) groups excluding carboxylic acids is 1. The molecule has 0 aromatic heterocycles. The molecule has 2 rings (SSSR count). The van der Waals surface area contributed by atoms with Gasteiger partial charge in [-0.1, -0.05) is 0 Å². The van der Waals surface area contributed by atoms with Crippen LogP contribution >= 0.6 is 0 Å². The normalized spacial score (nSPS) is 44.7. The van der Waals surface area contributed by atoms with Gasteiger partial charge in [0.2, 0.25) is 0 Å². The Labute approximate surface area is 70.8 Å². The van der Waals surface area contributed by atoms with Crippen molar-refractivity contribution in [1.29, 1.82) is 0 Å².